The highest BCUT2D eigenvalue weighted by molar-refractivity contribution is 7.89. The normalized spacial score (nSPS) is 11.9. The molecular weight excluding hydrogens is 384 g/mol. The average Bonchev–Trinajstić information content (AvgIpc) is 3.02. The van der Waals surface area contributed by atoms with Gasteiger partial charge in [-0.3, -0.25) is 0 Å². The molecule has 0 saturated heterocycles. The van der Waals surface area contributed by atoms with E-state index in [9.17, 15) is 17.2 Å². The van der Waals surface area contributed by atoms with Crippen LogP contribution in [0.4, 0.5) is 8.78 Å². The standard InChI is InChI=1S/C20H21F2N3O2S/c1-14(2)11-17-12-15(24-25(17)16-7-4-3-5-8-16)13-23-28(26,27)20-18(21)9-6-10-19(20)22/h3-10,12,14,23H,11,13H2,1-2H3. The predicted molar refractivity (Wildman–Crippen MR) is 102 cm³/mol. The zero-order valence-electron chi connectivity index (χ0n) is 15.6. The smallest absolute Gasteiger partial charge is 0.238 e. The summed E-state index contributed by atoms with van der Waals surface area (Å²) in [4.78, 5) is -0.986. The molecule has 2 aromatic carbocycles. The van der Waals surface area contributed by atoms with Crippen LogP contribution in [0, 0.1) is 17.6 Å². The van der Waals surface area contributed by atoms with E-state index >= 15 is 0 Å². The summed E-state index contributed by atoms with van der Waals surface area (Å²) < 4.78 is 56.4. The first-order valence-electron chi connectivity index (χ1n) is 8.85. The van der Waals surface area contributed by atoms with Crippen molar-refractivity contribution in [2.45, 2.75) is 31.7 Å². The van der Waals surface area contributed by atoms with Gasteiger partial charge in [0.25, 0.3) is 0 Å². The van der Waals surface area contributed by atoms with Crippen molar-refractivity contribution in [3.8, 4) is 5.69 Å². The first-order valence-corrected chi connectivity index (χ1v) is 10.3. The lowest BCUT2D eigenvalue weighted by Crippen LogP contribution is -2.25. The van der Waals surface area contributed by atoms with E-state index in [2.05, 4.69) is 23.7 Å². The van der Waals surface area contributed by atoms with Crippen molar-refractivity contribution in [2.75, 3.05) is 0 Å². The van der Waals surface area contributed by atoms with Gasteiger partial charge in [0.2, 0.25) is 10.0 Å². The Hall–Kier alpha value is -2.58. The van der Waals surface area contributed by atoms with Crippen LogP contribution in [-0.4, -0.2) is 18.2 Å². The van der Waals surface area contributed by atoms with Gasteiger partial charge in [0.1, 0.15) is 11.6 Å². The third-order valence-corrected chi connectivity index (χ3v) is 5.53. The van der Waals surface area contributed by atoms with E-state index in [1.165, 1.54) is 0 Å². The topological polar surface area (TPSA) is 64.0 Å². The highest BCUT2D eigenvalue weighted by Gasteiger charge is 2.24. The quantitative estimate of drug-likeness (QED) is 0.650. The third-order valence-electron chi connectivity index (χ3n) is 4.08. The lowest BCUT2D eigenvalue weighted by molar-refractivity contribution is 0.513. The van der Waals surface area contributed by atoms with Gasteiger partial charge in [-0.25, -0.2) is 26.6 Å². The number of hydrogen-bond donors (Lipinski definition) is 1. The molecule has 0 aliphatic heterocycles. The molecule has 0 unspecified atom stereocenters. The second-order valence-corrected chi connectivity index (χ2v) is 8.55. The minimum atomic E-state index is -4.36. The molecule has 3 aromatic rings. The largest absolute Gasteiger partial charge is 0.246 e. The van der Waals surface area contributed by atoms with Crippen LogP contribution in [0.1, 0.15) is 25.2 Å². The number of halogens is 2. The van der Waals surface area contributed by atoms with Gasteiger partial charge in [-0.2, -0.15) is 5.10 Å². The van der Waals surface area contributed by atoms with Gasteiger partial charge in [0.15, 0.2) is 4.90 Å². The summed E-state index contributed by atoms with van der Waals surface area (Å²) in [5.41, 5.74) is 2.24. The minimum absolute atomic E-state index is 0.180. The number of nitrogens with one attached hydrogen (secondary N) is 1. The monoisotopic (exact) mass is 405 g/mol. The maximum absolute atomic E-state index is 13.8. The van der Waals surface area contributed by atoms with Crippen LogP contribution in [0.3, 0.4) is 0 Å². The molecule has 0 aliphatic rings. The fourth-order valence-corrected chi connectivity index (χ4v) is 4.03. The molecule has 28 heavy (non-hydrogen) atoms. The second-order valence-electron chi connectivity index (χ2n) is 6.85. The van der Waals surface area contributed by atoms with E-state index in [4.69, 9.17) is 0 Å². The van der Waals surface area contributed by atoms with Crippen molar-refractivity contribution >= 4 is 10.0 Å². The first kappa shape index (κ1) is 20.2. The van der Waals surface area contributed by atoms with Gasteiger partial charge >= 0.3 is 0 Å². The van der Waals surface area contributed by atoms with E-state index in [0.29, 0.717) is 11.6 Å². The van der Waals surface area contributed by atoms with E-state index < -0.39 is 26.6 Å². The summed E-state index contributed by atoms with van der Waals surface area (Å²) in [6, 6.07) is 14.2. The van der Waals surface area contributed by atoms with Gasteiger partial charge in [0.05, 0.1) is 17.9 Å². The number of hydrogen-bond acceptors (Lipinski definition) is 3. The molecular formula is C20H21F2N3O2S. The second kappa shape index (κ2) is 8.20. The van der Waals surface area contributed by atoms with Crippen molar-refractivity contribution < 1.29 is 17.2 Å². The Morgan fingerprint density at radius 2 is 1.68 bits per heavy atom. The van der Waals surface area contributed by atoms with Crippen molar-refractivity contribution in [3.05, 3.63) is 77.6 Å². The van der Waals surface area contributed by atoms with Crippen LogP contribution in [0.25, 0.3) is 5.69 Å². The summed E-state index contributed by atoms with van der Waals surface area (Å²) in [6.45, 7) is 3.97. The molecule has 1 aromatic heterocycles. The van der Waals surface area contributed by atoms with Gasteiger partial charge in [-0.05, 0) is 42.7 Å². The predicted octanol–water partition coefficient (Wildman–Crippen LogP) is 3.83. The number of rotatable bonds is 7. The molecule has 3 rings (SSSR count). The minimum Gasteiger partial charge on any atom is -0.238 e. The van der Waals surface area contributed by atoms with Crippen LogP contribution in [0.2, 0.25) is 0 Å². The summed E-state index contributed by atoms with van der Waals surface area (Å²) >= 11 is 0. The van der Waals surface area contributed by atoms with Crippen molar-refractivity contribution in [3.63, 3.8) is 0 Å². The zero-order chi connectivity index (χ0) is 20.3. The number of aromatic nitrogens is 2. The molecule has 0 saturated carbocycles. The Balaban J connectivity index is 1.88. The third kappa shape index (κ3) is 4.45. The molecule has 0 amide bonds. The molecule has 8 heteroatoms. The molecule has 0 spiro atoms. The van der Waals surface area contributed by atoms with Crippen LogP contribution >= 0.6 is 0 Å². The zero-order valence-corrected chi connectivity index (χ0v) is 16.4. The average molecular weight is 405 g/mol. The molecule has 1 heterocycles. The van der Waals surface area contributed by atoms with Gasteiger partial charge in [-0.1, -0.05) is 38.1 Å². The lowest BCUT2D eigenvalue weighted by atomic mass is 10.1. The number of para-hydroxylation sites is 1. The van der Waals surface area contributed by atoms with Crippen molar-refractivity contribution in [1.82, 2.24) is 14.5 Å². The molecule has 5 nitrogen and oxygen atoms in total. The highest BCUT2D eigenvalue weighted by Crippen LogP contribution is 2.20. The Morgan fingerprint density at radius 3 is 2.29 bits per heavy atom. The number of sulfonamides is 1. The van der Waals surface area contributed by atoms with Gasteiger partial charge < -0.3 is 0 Å². The SMILES string of the molecule is CC(C)Cc1cc(CNS(=O)(=O)c2c(F)cccc2F)nn1-c1ccccc1. The maximum Gasteiger partial charge on any atom is 0.246 e. The van der Waals surface area contributed by atoms with E-state index in [1.807, 2.05) is 30.3 Å². The van der Waals surface area contributed by atoms with Crippen LogP contribution in [-0.2, 0) is 23.0 Å². The van der Waals surface area contributed by atoms with E-state index in [1.54, 1.807) is 10.7 Å². The fourth-order valence-electron chi connectivity index (χ4n) is 2.90. The molecule has 0 radical (unpaired) electrons. The molecule has 1 N–H and O–H groups in total. The first-order chi connectivity index (χ1) is 13.3. The van der Waals surface area contributed by atoms with Crippen LogP contribution < -0.4 is 4.72 Å². The number of benzene rings is 2. The van der Waals surface area contributed by atoms with E-state index in [-0.39, 0.29) is 6.54 Å². The summed E-state index contributed by atoms with van der Waals surface area (Å²) in [5.74, 6) is -1.90. The summed E-state index contributed by atoms with van der Waals surface area (Å²) in [5, 5.41) is 4.48. The van der Waals surface area contributed by atoms with E-state index in [0.717, 1.165) is 36.0 Å². The molecule has 148 valence electrons. The Morgan fingerprint density at radius 1 is 1.04 bits per heavy atom. The molecule has 0 bridgehead atoms. The Labute approximate surface area is 163 Å². The molecule has 0 atom stereocenters. The van der Waals surface area contributed by atoms with Crippen LogP contribution in [0.5, 0.6) is 0 Å². The number of nitrogens with zero attached hydrogens (tertiary/aromatic N) is 2. The van der Waals surface area contributed by atoms with Gasteiger partial charge in [0, 0.05) is 5.69 Å². The Bertz CT molecular complexity index is 1040. The summed E-state index contributed by atoms with van der Waals surface area (Å²) in [7, 11) is -4.36. The molecule has 0 fully saturated rings. The maximum atomic E-state index is 13.8. The van der Waals surface area contributed by atoms with Gasteiger partial charge in [-0.15, -0.1) is 0 Å². The Kier molecular flexibility index (Phi) is 5.90. The van der Waals surface area contributed by atoms with Crippen LogP contribution in [0.15, 0.2) is 59.5 Å². The highest BCUT2D eigenvalue weighted by atomic mass is 32.2. The summed E-state index contributed by atoms with van der Waals surface area (Å²) in [6.07, 6.45) is 0.747. The fraction of sp³-hybridized carbons (Fsp3) is 0.250. The molecule has 0 aliphatic carbocycles. The van der Waals surface area contributed by atoms with Crippen molar-refractivity contribution in [1.29, 1.82) is 0 Å². The lowest BCUT2D eigenvalue weighted by Gasteiger charge is -2.09. The van der Waals surface area contributed by atoms with Crippen molar-refractivity contribution in [2.24, 2.45) is 5.92 Å².